The lowest BCUT2D eigenvalue weighted by Gasteiger charge is -2.33. The fourth-order valence-electron chi connectivity index (χ4n) is 3.78. The molecule has 3 aromatic rings. The maximum Gasteiger partial charge on any atom is 0.300 e. The van der Waals surface area contributed by atoms with Gasteiger partial charge in [-0.15, -0.1) is 0 Å². The Labute approximate surface area is 200 Å². The van der Waals surface area contributed by atoms with Crippen LogP contribution < -0.4 is 4.90 Å². The maximum absolute atomic E-state index is 13.1. The van der Waals surface area contributed by atoms with Crippen molar-refractivity contribution in [1.29, 1.82) is 0 Å². The van der Waals surface area contributed by atoms with Crippen LogP contribution in [-0.4, -0.2) is 57.2 Å². The van der Waals surface area contributed by atoms with Gasteiger partial charge in [-0.1, -0.05) is 27.4 Å². The third kappa shape index (κ3) is 4.95. The van der Waals surface area contributed by atoms with Crippen LogP contribution in [0.5, 0.6) is 0 Å². The number of hydrogen-bond donors (Lipinski definition) is 0. The predicted molar refractivity (Wildman–Crippen MR) is 135 cm³/mol. The Morgan fingerprint density at radius 2 is 1.79 bits per heavy atom. The molecule has 0 atom stereocenters. The molecular formula is C26H32N6O2. The van der Waals surface area contributed by atoms with Gasteiger partial charge in [0.15, 0.2) is 5.76 Å². The second kappa shape index (κ2) is 9.29. The molecule has 0 spiro atoms. The highest BCUT2D eigenvalue weighted by molar-refractivity contribution is 5.94. The molecule has 1 amide bonds. The number of oxazole rings is 1. The number of rotatable bonds is 5. The lowest BCUT2D eigenvalue weighted by molar-refractivity contribution is 0.0745. The number of amides is 1. The lowest BCUT2D eigenvalue weighted by Crippen LogP contribution is -2.48. The first kappa shape index (κ1) is 23.5. The van der Waals surface area contributed by atoms with Crippen LogP contribution in [0, 0.1) is 0 Å². The van der Waals surface area contributed by atoms with Gasteiger partial charge in [-0.25, -0.2) is 9.98 Å². The highest BCUT2D eigenvalue weighted by atomic mass is 16.4. The van der Waals surface area contributed by atoms with E-state index in [4.69, 9.17) is 4.42 Å². The minimum atomic E-state index is -0.00849. The van der Waals surface area contributed by atoms with Crippen LogP contribution in [0.4, 0.5) is 11.8 Å². The number of hydrogen-bond acceptors (Lipinski definition) is 6. The van der Waals surface area contributed by atoms with Gasteiger partial charge in [0.05, 0.1) is 12.0 Å². The molecule has 2 aromatic heterocycles. The molecule has 3 heterocycles. The molecule has 0 unspecified atom stereocenters. The molecule has 0 saturated carbocycles. The van der Waals surface area contributed by atoms with Crippen LogP contribution in [-0.2, 0) is 5.41 Å². The van der Waals surface area contributed by atoms with E-state index in [1.54, 1.807) is 6.08 Å². The molecule has 0 N–H and O–H groups in total. The van der Waals surface area contributed by atoms with Gasteiger partial charge in [0.2, 0.25) is 5.82 Å². The molecular weight excluding hydrogens is 428 g/mol. The first-order valence-electron chi connectivity index (χ1n) is 11.5. The second-order valence-corrected chi connectivity index (χ2v) is 9.69. The zero-order chi connectivity index (χ0) is 24.5. The number of carbonyl (C=O) groups excluding carboxylic acids is 1. The highest BCUT2D eigenvalue weighted by Gasteiger charge is 2.25. The normalized spacial score (nSPS) is 14.3. The summed E-state index contributed by atoms with van der Waals surface area (Å²) in [6, 6.07) is 8.18. The van der Waals surface area contributed by atoms with E-state index in [-0.39, 0.29) is 11.3 Å². The van der Waals surface area contributed by atoms with Crippen molar-refractivity contribution in [3.8, 4) is 5.69 Å². The molecule has 0 bridgehead atoms. The van der Waals surface area contributed by atoms with Crippen molar-refractivity contribution >= 4 is 29.5 Å². The monoisotopic (exact) mass is 460 g/mol. The van der Waals surface area contributed by atoms with Gasteiger partial charge in [0.1, 0.15) is 0 Å². The minimum absolute atomic E-state index is 0.00849. The minimum Gasteiger partial charge on any atom is -0.422 e. The second-order valence-electron chi connectivity index (χ2n) is 9.69. The quantitative estimate of drug-likeness (QED) is 0.507. The Kier molecular flexibility index (Phi) is 6.41. The Morgan fingerprint density at radius 3 is 2.35 bits per heavy atom. The van der Waals surface area contributed by atoms with E-state index in [0.717, 1.165) is 17.1 Å². The molecule has 1 fully saturated rings. The van der Waals surface area contributed by atoms with Gasteiger partial charge < -0.3 is 18.8 Å². The molecule has 8 heteroatoms. The van der Waals surface area contributed by atoms with Gasteiger partial charge in [-0.05, 0) is 44.2 Å². The summed E-state index contributed by atoms with van der Waals surface area (Å²) in [6.07, 6.45) is 5.47. The Balaban J connectivity index is 1.40. The molecule has 0 aliphatic carbocycles. The van der Waals surface area contributed by atoms with E-state index in [2.05, 4.69) is 42.3 Å². The summed E-state index contributed by atoms with van der Waals surface area (Å²) in [5.74, 6) is 1.12. The van der Waals surface area contributed by atoms with Crippen LogP contribution in [0.15, 0.2) is 52.8 Å². The van der Waals surface area contributed by atoms with Gasteiger partial charge >= 0.3 is 0 Å². The van der Waals surface area contributed by atoms with Crippen molar-refractivity contribution in [3.05, 3.63) is 60.4 Å². The van der Waals surface area contributed by atoms with Crippen LogP contribution in [0.2, 0.25) is 0 Å². The summed E-state index contributed by atoms with van der Waals surface area (Å²) in [7, 11) is 0. The number of imidazole rings is 1. The smallest absolute Gasteiger partial charge is 0.300 e. The zero-order valence-electron chi connectivity index (χ0n) is 20.6. The zero-order valence-corrected chi connectivity index (χ0v) is 20.6. The maximum atomic E-state index is 13.1. The molecule has 0 radical (unpaired) electrons. The summed E-state index contributed by atoms with van der Waals surface area (Å²) >= 11 is 0. The predicted octanol–water partition coefficient (Wildman–Crippen LogP) is 4.88. The number of nitrogens with zero attached hydrogens (tertiary/aromatic N) is 6. The third-order valence-electron chi connectivity index (χ3n) is 5.74. The SMILES string of the molecule is C=Cc1oc(N2CCN(C(=O)c3ccc(-n4cnc(C(C)(C)C)c4)cc3)CC2)nc1N=C(C)C. The van der Waals surface area contributed by atoms with E-state index in [1.165, 1.54) is 0 Å². The summed E-state index contributed by atoms with van der Waals surface area (Å²) in [4.78, 5) is 30.4. The molecule has 1 saturated heterocycles. The summed E-state index contributed by atoms with van der Waals surface area (Å²) < 4.78 is 7.83. The fraction of sp³-hybridized carbons (Fsp3) is 0.385. The van der Waals surface area contributed by atoms with Crippen molar-refractivity contribution in [2.24, 2.45) is 4.99 Å². The first-order chi connectivity index (χ1) is 16.2. The van der Waals surface area contributed by atoms with E-state index in [1.807, 2.05) is 65.0 Å². The molecule has 8 nitrogen and oxygen atoms in total. The van der Waals surface area contributed by atoms with Crippen LogP contribution in [0.3, 0.4) is 0 Å². The first-order valence-corrected chi connectivity index (χ1v) is 11.5. The fourth-order valence-corrected chi connectivity index (χ4v) is 3.78. The standard InChI is InChI=1S/C26H32N6O2/c1-7-21-23(28-18(2)3)29-25(34-21)31-14-12-30(13-15-31)24(33)19-8-10-20(11-9-19)32-16-22(27-17-32)26(4,5)6/h7-11,16-17H,1,12-15H2,2-6H3. The number of benzene rings is 1. The Hall–Kier alpha value is -3.68. The average Bonchev–Trinajstić information content (AvgIpc) is 3.46. The van der Waals surface area contributed by atoms with E-state index in [9.17, 15) is 4.79 Å². The Bertz CT molecular complexity index is 1200. The molecule has 1 aliphatic rings. The molecule has 4 rings (SSSR count). The molecule has 178 valence electrons. The summed E-state index contributed by atoms with van der Waals surface area (Å²) in [5.41, 5.74) is 3.57. The number of carbonyl (C=O) groups is 1. The van der Waals surface area contributed by atoms with Crippen molar-refractivity contribution in [1.82, 2.24) is 19.4 Å². The molecule has 1 aromatic carbocycles. The van der Waals surface area contributed by atoms with Crippen LogP contribution in [0.25, 0.3) is 11.8 Å². The third-order valence-corrected chi connectivity index (χ3v) is 5.74. The molecule has 1 aliphatic heterocycles. The number of aliphatic imine (C=N–C) groups is 1. The summed E-state index contributed by atoms with van der Waals surface area (Å²) in [5, 5.41) is 0. The van der Waals surface area contributed by atoms with E-state index in [0.29, 0.717) is 49.3 Å². The Morgan fingerprint density at radius 1 is 1.12 bits per heavy atom. The van der Waals surface area contributed by atoms with Crippen molar-refractivity contribution in [3.63, 3.8) is 0 Å². The highest BCUT2D eigenvalue weighted by Crippen LogP contribution is 2.27. The largest absolute Gasteiger partial charge is 0.422 e. The average molecular weight is 461 g/mol. The van der Waals surface area contributed by atoms with Gasteiger partial charge in [-0.3, -0.25) is 4.79 Å². The van der Waals surface area contributed by atoms with Crippen LogP contribution in [0.1, 0.15) is 56.4 Å². The number of aromatic nitrogens is 3. The topological polar surface area (TPSA) is 79.8 Å². The van der Waals surface area contributed by atoms with E-state index < -0.39 is 0 Å². The van der Waals surface area contributed by atoms with Crippen molar-refractivity contribution in [2.75, 3.05) is 31.1 Å². The van der Waals surface area contributed by atoms with Gasteiger partial charge in [-0.2, -0.15) is 4.98 Å². The molecule has 34 heavy (non-hydrogen) atoms. The summed E-state index contributed by atoms with van der Waals surface area (Å²) in [6.45, 7) is 16.5. The van der Waals surface area contributed by atoms with Crippen molar-refractivity contribution < 1.29 is 9.21 Å². The number of anilines is 1. The lowest BCUT2D eigenvalue weighted by atomic mass is 9.93. The van der Waals surface area contributed by atoms with Gasteiger partial charge in [0, 0.05) is 54.8 Å². The van der Waals surface area contributed by atoms with Crippen LogP contribution >= 0.6 is 0 Å². The van der Waals surface area contributed by atoms with E-state index >= 15 is 0 Å². The van der Waals surface area contributed by atoms with Crippen molar-refractivity contribution in [2.45, 2.75) is 40.0 Å². The van der Waals surface area contributed by atoms with Gasteiger partial charge in [0.25, 0.3) is 11.9 Å². The number of piperazine rings is 1.